The molecule has 0 amide bonds. The van der Waals surface area contributed by atoms with Crippen molar-refractivity contribution in [3.8, 4) is 0 Å². The van der Waals surface area contributed by atoms with E-state index in [4.69, 9.17) is 9.84 Å². The summed E-state index contributed by atoms with van der Waals surface area (Å²) in [6, 6.07) is 0. The second-order valence-corrected chi connectivity index (χ2v) is 8.83. The Morgan fingerprint density at radius 2 is 2.03 bits per heavy atom. The quantitative estimate of drug-likeness (QED) is 0.309. The lowest BCUT2D eigenvalue weighted by Crippen LogP contribution is -2.65. The topological polar surface area (TPSA) is 104 Å². The van der Waals surface area contributed by atoms with Crippen LogP contribution in [0, 0.1) is 23.7 Å². The zero-order chi connectivity index (χ0) is 21.0. The summed E-state index contributed by atoms with van der Waals surface area (Å²) in [5, 5.41) is 30.0. The van der Waals surface area contributed by atoms with E-state index in [-0.39, 0.29) is 30.1 Å². The van der Waals surface area contributed by atoms with Gasteiger partial charge in [-0.1, -0.05) is 31.1 Å². The minimum Gasteiger partial charge on any atom is -0.481 e. The Labute approximate surface area is 172 Å². The molecule has 0 radical (unpaired) electrons. The molecule has 6 heteroatoms. The van der Waals surface area contributed by atoms with Crippen LogP contribution in [0.25, 0.3) is 0 Å². The standard InChI is InChI=1S/C23H34O6/c1-29-23-13-12-20(26)16(10-11-19(25)15-6-2-3-7-15)22(23)17(14-24)18(23)8-4-5-9-21(27)28/h8,10-11,14-17,19-20,22,25-26H,2-7,9,12-13H2,1H3,(H,27,28)/b11-10+,18-8?/t16-,17?,19?,20+,22+,23-/m1/s1. The molecule has 0 aliphatic heterocycles. The number of aliphatic carboxylic acids is 1. The van der Waals surface area contributed by atoms with E-state index in [1.165, 1.54) is 0 Å². The van der Waals surface area contributed by atoms with Crippen LogP contribution in [-0.2, 0) is 14.3 Å². The first kappa shape index (κ1) is 22.2. The fraction of sp³-hybridized carbons (Fsp3) is 0.739. The summed E-state index contributed by atoms with van der Waals surface area (Å²) in [6.07, 6.45) is 12.3. The van der Waals surface area contributed by atoms with Gasteiger partial charge in [0.05, 0.1) is 17.8 Å². The Morgan fingerprint density at radius 1 is 1.31 bits per heavy atom. The number of carboxylic acid groups (broad SMARTS) is 1. The number of hydrogen-bond acceptors (Lipinski definition) is 5. The molecule has 0 aromatic heterocycles. The summed E-state index contributed by atoms with van der Waals surface area (Å²) in [6.45, 7) is 0. The highest BCUT2D eigenvalue weighted by Crippen LogP contribution is 2.60. The number of allylic oxidation sites excluding steroid dienone is 1. The minimum absolute atomic E-state index is 0.0993. The molecule has 0 bridgehead atoms. The molecule has 3 aliphatic carbocycles. The number of carbonyl (C=O) groups excluding carboxylic acids is 1. The van der Waals surface area contributed by atoms with Crippen molar-refractivity contribution in [2.24, 2.45) is 23.7 Å². The van der Waals surface area contributed by atoms with Gasteiger partial charge in [-0.15, -0.1) is 0 Å². The first-order valence-electron chi connectivity index (χ1n) is 10.9. The second-order valence-electron chi connectivity index (χ2n) is 8.83. The van der Waals surface area contributed by atoms with Gasteiger partial charge in [-0.3, -0.25) is 4.79 Å². The molecule has 3 N–H and O–H groups in total. The van der Waals surface area contributed by atoms with Crippen molar-refractivity contribution >= 4 is 12.3 Å². The van der Waals surface area contributed by atoms with Gasteiger partial charge in [-0.05, 0) is 50.0 Å². The van der Waals surface area contributed by atoms with Crippen molar-refractivity contribution in [2.45, 2.75) is 75.6 Å². The fourth-order valence-corrected chi connectivity index (χ4v) is 5.80. The predicted octanol–water partition coefficient (Wildman–Crippen LogP) is 2.88. The van der Waals surface area contributed by atoms with Gasteiger partial charge in [0.15, 0.2) is 0 Å². The van der Waals surface area contributed by atoms with Crippen molar-refractivity contribution in [3.63, 3.8) is 0 Å². The Kier molecular flexibility index (Phi) is 7.30. The van der Waals surface area contributed by atoms with Gasteiger partial charge in [0.25, 0.3) is 0 Å². The van der Waals surface area contributed by atoms with Gasteiger partial charge in [-0.25, -0.2) is 0 Å². The number of carboxylic acids is 1. The molecule has 2 unspecified atom stereocenters. The number of unbranched alkanes of at least 4 members (excludes halogenated alkanes) is 1. The van der Waals surface area contributed by atoms with Gasteiger partial charge in [0.1, 0.15) is 6.29 Å². The number of aliphatic hydroxyl groups is 2. The molecule has 0 heterocycles. The minimum atomic E-state index is -0.824. The van der Waals surface area contributed by atoms with E-state index in [9.17, 15) is 19.8 Å². The molecule has 6 nitrogen and oxygen atoms in total. The number of carbonyl (C=O) groups is 2. The Balaban J connectivity index is 1.76. The number of ether oxygens (including phenoxy) is 1. The molecular formula is C23H34O6. The summed E-state index contributed by atoms with van der Waals surface area (Å²) in [5.41, 5.74) is 0.341. The summed E-state index contributed by atoms with van der Waals surface area (Å²) < 4.78 is 5.93. The Bertz CT molecular complexity index is 650. The number of aliphatic hydroxyl groups excluding tert-OH is 2. The monoisotopic (exact) mass is 406 g/mol. The average molecular weight is 407 g/mol. The zero-order valence-corrected chi connectivity index (χ0v) is 17.2. The number of methoxy groups -OCH3 is 1. The molecule has 29 heavy (non-hydrogen) atoms. The van der Waals surface area contributed by atoms with E-state index in [1.807, 2.05) is 18.2 Å². The van der Waals surface area contributed by atoms with E-state index in [0.29, 0.717) is 25.7 Å². The van der Waals surface area contributed by atoms with Gasteiger partial charge >= 0.3 is 5.97 Å². The smallest absolute Gasteiger partial charge is 0.303 e. The van der Waals surface area contributed by atoms with Crippen LogP contribution < -0.4 is 0 Å². The maximum atomic E-state index is 11.9. The van der Waals surface area contributed by atoms with Crippen LogP contribution in [0.15, 0.2) is 23.8 Å². The largest absolute Gasteiger partial charge is 0.481 e. The molecule has 6 atom stereocenters. The number of hydrogen-bond donors (Lipinski definition) is 3. The third kappa shape index (κ3) is 4.35. The van der Waals surface area contributed by atoms with E-state index >= 15 is 0 Å². The van der Waals surface area contributed by atoms with Crippen molar-refractivity contribution < 1.29 is 29.6 Å². The molecule has 0 spiro atoms. The number of aldehydes is 1. The lowest BCUT2D eigenvalue weighted by molar-refractivity contribution is -0.169. The highest BCUT2D eigenvalue weighted by molar-refractivity contribution is 5.67. The lowest BCUT2D eigenvalue weighted by Gasteiger charge is -2.61. The van der Waals surface area contributed by atoms with Gasteiger partial charge in [0.2, 0.25) is 0 Å². The molecule has 0 saturated heterocycles. The zero-order valence-electron chi connectivity index (χ0n) is 17.2. The molecule has 3 rings (SSSR count). The summed E-state index contributed by atoms with van der Waals surface area (Å²) in [5.74, 6) is -1.28. The third-order valence-corrected chi connectivity index (χ3v) is 7.33. The van der Waals surface area contributed by atoms with E-state index in [0.717, 1.165) is 37.5 Å². The van der Waals surface area contributed by atoms with Gasteiger partial charge in [0, 0.05) is 31.3 Å². The molecule has 0 aromatic carbocycles. The number of fused-ring (bicyclic) bond motifs is 1. The van der Waals surface area contributed by atoms with Crippen molar-refractivity contribution in [2.75, 3.05) is 7.11 Å². The van der Waals surface area contributed by atoms with Crippen LogP contribution in [0.2, 0.25) is 0 Å². The van der Waals surface area contributed by atoms with Crippen LogP contribution >= 0.6 is 0 Å². The average Bonchev–Trinajstić information content (AvgIpc) is 3.23. The molecular weight excluding hydrogens is 372 g/mol. The van der Waals surface area contributed by atoms with Crippen LogP contribution in [0.4, 0.5) is 0 Å². The fourth-order valence-electron chi connectivity index (χ4n) is 5.80. The van der Waals surface area contributed by atoms with Crippen molar-refractivity contribution in [1.29, 1.82) is 0 Å². The van der Waals surface area contributed by atoms with E-state index in [2.05, 4.69) is 0 Å². The highest BCUT2D eigenvalue weighted by atomic mass is 16.5. The molecule has 3 saturated carbocycles. The maximum Gasteiger partial charge on any atom is 0.303 e. The molecule has 0 aromatic rings. The molecule has 3 fully saturated rings. The van der Waals surface area contributed by atoms with Crippen LogP contribution in [-0.4, -0.2) is 52.5 Å². The van der Waals surface area contributed by atoms with Crippen molar-refractivity contribution in [1.82, 2.24) is 0 Å². The van der Waals surface area contributed by atoms with Gasteiger partial charge < -0.3 is 24.9 Å². The lowest BCUT2D eigenvalue weighted by atomic mass is 9.48. The Hall–Kier alpha value is -1.50. The van der Waals surface area contributed by atoms with Gasteiger partial charge in [-0.2, -0.15) is 0 Å². The number of rotatable bonds is 9. The SMILES string of the molecule is CO[C@@]12CC[C@H](O)[C@@H](/C=C/C(O)C3CCCC3)[C@H]1C(C=O)C2=CCCCC(=O)O. The highest BCUT2D eigenvalue weighted by Gasteiger charge is 2.63. The maximum absolute atomic E-state index is 11.9. The summed E-state index contributed by atoms with van der Waals surface area (Å²) in [7, 11) is 1.64. The second kappa shape index (κ2) is 9.54. The molecule has 3 aliphatic rings. The van der Waals surface area contributed by atoms with Crippen LogP contribution in [0.5, 0.6) is 0 Å². The van der Waals surface area contributed by atoms with E-state index < -0.39 is 23.8 Å². The first-order chi connectivity index (χ1) is 13.9. The van der Waals surface area contributed by atoms with Crippen molar-refractivity contribution in [3.05, 3.63) is 23.8 Å². The summed E-state index contributed by atoms with van der Waals surface area (Å²) >= 11 is 0. The van der Waals surface area contributed by atoms with E-state index in [1.54, 1.807) is 7.11 Å². The van der Waals surface area contributed by atoms with Crippen LogP contribution in [0.3, 0.4) is 0 Å². The predicted molar refractivity (Wildman–Crippen MR) is 108 cm³/mol. The first-order valence-corrected chi connectivity index (χ1v) is 10.9. The van der Waals surface area contributed by atoms with Crippen LogP contribution in [0.1, 0.15) is 57.8 Å². The summed E-state index contributed by atoms with van der Waals surface area (Å²) in [4.78, 5) is 22.6. The third-order valence-electron chi connectivity index (χ3n) is 7.33. The Morgan fingerprint density at radius 3 is 2.66 bits per heavy atom. The normalized spacial score (nSPS) is 37.4. The molecule has 162 valence electrons.